The second-order valence-corrected chi connectivity index (χ2v) is 15.2. The SMILES string of the molecule is C=CCCOC(=O)N(C)[C@H]1CC(=NOCC)C2=C[C@H](CCCCO)[C@@H](CCCCO)[C@@H]3c4cc(OCCSc5ccccc5)ccc4O[C@@]1(OCC=C)[C@H]23. The van der Waals surface area contributed by atoms with Crippen LogP contribution in [-0.4, -0.2) is 91.2 Å². The minimum absolute atomic E-state index is 0.119. The van der Waals surface area contributed by atoms with Crippen LogP contribution in [0.3, 0.4) is 0 Å². The number of nitrogens with zero attached hydrogens (tertiary/aromatic N) is 2. The van der Waals surface area contributed by atoms with Crippen LogP contribution in [0.4, 0.5) is 4.79 Å². The Morgan fingerprint density at radius 2 is 1.83 bits per heavy atom. The number of aliphatic hydroxyl groups is 2. The molecular weight excluding hydrogens is 705 g/mol. The van der Waals surface area contributed by atoms with Gasteiger partial charge in [-0.3, -0.25) is 0 Å². The van der Waals surface area contributed by atoms with E-state index in [-0.39, 0.29) is 50.1 Å². The number of hydrogen-bond acceptors (Lipinski definition) is 10. The lowest BCUT2D eigenvalue weighted by molar-refractivity contribution is -0.253. The highest BCUT2D eigenvalue weighted by Gasteiger charge is 2.65. The predicted molar refractivity (Wildman–Crippen MR) is 213 cm³/mol. The molecule has 0 radical (unpaired) electrons. The van der Waals surface area contributed by atoms with Crippen LogP contribution < -0.4 is 9.47 Å². The van der Waals surface area contributed by atoms with Gasteiger partial charge >= 0.3 is 6.09 Å². The van der Waals surface area contributed by atoms with E-state index >= 15 is 0 Å². The topological polar surface area (TPSA) is 119 Å². The molecule has 294 valence electrons. The first kappa shape index (κ1) is 41.4. The van der Waals surface area contributed by atoms with Gasteiger partial charge in [0.15, 0.2) is 0 Å². The van der Waals surface area contributed by atoms with Crippen LogP contribution in [0.1, 0.15) is 69.8 Å². The molecule has 0 aromatic heterocycles. The first-order chi connectivity index (χ1) is 26.4. The highest BCUT2D eigenvalue weighted by molar-refractivity contribution is 7.99. The van der Waals surface area contributed by atoms with Crippen LogP contribution in [0.5, 0.6) is 11.5 Å². The fourth-order valence-electron chi connectivity index (χ4n) is 8.25. The van der Waals surface area contributed by atoms with E-state index in [9.17, 15) is 15.0 Å². The van der Waals surface area contributed by atoms with Crippen LogP contribution in [0.2, 0.25) is 0 Å². The minimum Gasteiger partial charge on any atom is -0.493 e. The van der Waals surface area contributed by atoms with E-state index in [0.717, 1.165) is 54.0 Å². The normalized spacial score (nSPS) is 24.7. The summed E-state index contributed by atoms with van der Waals surface area (Å²) in [7, 11) is 1.73. The number of aliphatic hydroxyl groups excluding tert-OH is 2. The standard InChI is InChI=1S/C43H58N2O8S/c1-5-8-25-50-42(48)45(4)39-30-37(44-52-7-3)35-28-31(16-12-14-22-46)34(19-13-15-23-47)40-36-29-32(49-26-27-54-33-17-10-9-11-18-33)20-21-38(36)53-43(39,41(35)40)51-24-6-2/h5-6,9-11,17-18,20-21,28-29,31,34,39-41,46-47H,1-2,7-8,12-16,19,22-27,30H2,3-4H3/t31-,34+,39-,40+,41+,43+/m0/s1. The second-order valence-electron chi connectivity index (χ2n) is 14.0. The summed E-state index contributed by atoms with van der Waals surface area (Å²) < 4.78 is 26.1. The Labute approximate surface area is 325 Å². The fraction of sp³-hybridized carbons (Fsp3) is 0.535. The van der Waals surface area contributed by atoms with Crippen molar-refractivity contribution >= 4 is 23.6 Å². The Morgan fingerprint density at radius 3 is 2.56 bits per heavy atom. The van der Waals surface area contributed by atoms with Crippen molar-refractivity contribution in [3.8, 4) is 11.5 Å². The predicted octanol–water partition coefficient (Wildman–Crippen LogP) is 8.16. The molecule has 2 aromatic carbocycles. The Balaban J connectivity index is 1.64. The molecule has 0 unspecified atom stereocenters. The van der Waals surface area contributed by atoms with Gasteiger partial charge in [-0.05, 0) is 86.8 Å². The molecule has 0 spiro atoms. The van der Waals surface area contributed by atoms with E-state index in [1.807, 2.05) is 37.3 Å². The highest BCUT2D eigenvalue weighted by Crippen LogP contribution is 2.61. The van der Waals surface area contributed by atoms with Gasteiger partial charge in [-0.1, -0.05) is 54.4 Å². The van der Waals surface area contributed by atoms with Gasteiger partial charge in [0.25, 0.3) is 0 Å². The number of benzene rings is 2. The van der Waals surface area contributed by atoms with Gasteiger partial charge in [-0.2, -0.15) is 0 Å². The van der Waals surface area contributed by atoms with Crippen LogP contribution in [0, 0.1) is 17.8 Å². The monoisotopic (exact) mass is 762 g/mol. The summed E-state index contributed by atoms with van der Waals surface area (Å²) in [6.07, 6.45) is 10.9. The number of ether oxygens (including phenoxy) is 4. The Bertz CT molecular complexity index is 1580. The van der Waals surface area contributed by atoms with Crippen molar-refractivity contribution in [2.24, 2.45) is 22.9 Å². The summed E-state index contributed by atoms with van der Waals surface area (Å²) in [6, 6.07) is 15.7. The van der Waals surface area contributed by atoms with Crippen molar-refractivity contribution in [1.82, 2.24) is 4.90 Å². The molecule has 1 amide bonds. The van der Waals surface area contributed by atoms with Gasteiger partial charge in [-0.25, -0.2) is 4.79 Å². The summed E-state index contributed by atoms with van der Waals surface area (Å²) >= 11 is 1.75. The number of carbonyl (C=O) groups is 1. The maximum atomic E-state index is 13.7. The molecule has 11 heteroatoms. The zero-order valence-electron chi connectivity index (χ0n) is 31.9. The molecule has 2 aliphatic carbocycles. The molecular formula is C43H58N2O8S. The number of unbranched alkanes of at least 4 members (excludes halogenated alkanes) is 2. The molecule has 2 aromatic rings. The first-order valence-electron chi connectivity index (χ1n) is 19.4. The van der Waals surface area contributed by atoms with Crippen molar-refractivity contribution in [2.45, 2.75) is 80.9 Å². The van der Waals surface area contributed by atoms with E-state index in [1.165, 1.54) is 4.90 Å². The van der Waals surface area contributed by atoms with Crippen LogP contribution in [-0.2, 0) is 14.3 Å². The lowest BCUT2D eigenvalue weighted by Gasteiger charge is -2.59. The number of hydrogen-bond donors (Lipinski definition) is 2. The summed E-state index contributed by atoms with van der Waals surface area (Å²) in [6.45, 7) is 11.2. The molecule has 2 N–H and O–H groups in total. The van der Waals surface area contributed by atoms with E-state index in [0.29, 0.717) is 44.6 Å². The maximum absolute atomic E-state index is 13.7. The van der Waals surface area contributed by atoms with Crippen molar-refractivity contribution in [3.63, 3.8) is 0 Å². The van der Waals surface area contributed by atoms with Gasteiger partial charge in [0, 0.05) is 48.8 Å². The number of fused-ring (bicyclic) bond motifs is 2. The third-order valence-electron chi connectivity index (χ3n) is 10.6. The molecule has 1 fully saturated rings. The Morgan fingerprint density at radius 1 is 1.06 bits per heavy atom. The number of rotatable bonds is 22. The summed E-state index contributed by atoms with van der Waals surface area (Å²) in [5.41, 5.74) is 2.76. The third kappa shape index (κ3) is 9.72. The lowest BCUT2D eigenvalue weighted by atomic mass is 9.55. The first-order valence-corrected chi connectivity index (χ1v) is 20.4. The molecule has 0 saturated heterocycles. The Kier molecular flexibility index (Phi) is 15.9. The molecule has 54 heavy (non-hydrogen) atoms. The van der Waals surface area contributed by atoms with Gasteiger partial charge in [0.1, 0.15) is 24.1 Å². The minimum atomic E-state index is -1.32. The van der Waals surface area contributed by atoms with Crippen molar-refractivity contribution in [1.29, 1.82) is 0 Å². The number of allylic oxidation sites excluding steroid dienone is 1. The smallest absolute Gasteiger partial charge is 0.409 e. The second kappa shape index (κ2) is 20.8. The highest BCUT2D eigenvalue weighted by atomic mass is 32.2. The number of amides is 1. The largest absolute Gasteiger partial charge is 0.493 e. The third-order valence-corrected chi connectivity index (χ3v) is 11.6. The zero-order chi connectivity index (χ0) is 38.3. The maximum Gasteiger partial charge on any atom is 0.409 e. The van der Waals surface area contributed by atoms with Crippen molar-refractivity contribution < 1.29 is 38.8 Å². The van der Waals surface area contributed by atoms with Crippen LogP contribution >= 0.6 is 11.8 Å². The number of oxime groups is 1. The van der Waals surface area contributed by atoms with E-state index < -0.39 is 17.9 Å². The van der Waals surface area contributed by atoms with E-state index in [4.69, 9.17) is 28.9 Å². The van der Waals surface area contributed by atoms with E-state index in [2.05, 4.69) is 37.4 Å². The zero-order valence-corrected chi connectivity index (χ0v) is 32.7. The van der Waals surface area contributed by atoms with Gasteiger partial charge in [0.2, 0.25) is 5.79 Å². The molecule has 1 heterocycles. The van der Waals surface area contributed by atoms with Gasteiger partial charge < -0.3 is 38.9 Å². The van der Waals surface area contributed by atoms with E-state index in [1.54, 1.807) is 35.9 Å². The average Bonchev–Trinajstić information content (AvgIpc) is 3.19. The molecule has 5 rings (SSSR count). The molecule has 1 aliphatic heterocycles. The number of likely N-dealkylation sites (N-methyl/N-ethyl adjacent to an activating group) is 1. The quantitative estimate of drug-likeness (QED) is 0.0530. The van der Waals surface area contributed by atoms with Crippen molar-refractivity contribution in [2.75, 3.05) is 52.4 Å². The average molecular weight is 763 g/mol. The number of thioether (sulfide) groups is 1. The molecule has 3 aliphatic rings. The van der Waals surface area contributed by atoms with Crippen molar-refractivity contribution in [3.05, 3.63) is 91.1 Å². The molecule has 0 bridgehead atoms. The Hall–Kier alpha value is -3.77. The van der Waals surface area contributed by atoms with Gasteiger partial charge in [-0.15, -0.1) is 24.9 Å². The van der Waals surface area contributed by atoms with Crippen LogP contribution in [0.15, 0.2) is 95.5 Å². The molecule has 10 nitrogen and oxygen atoms in total. The van der Waals surface area contributed by atoms with Crippen LogP contribution in [0.25, 0.3) is 0 Å². The molecule has 1 saturated carbocycles. The molecule has 6 atom stereocenters. The number of carbonyl (C=O) groups excluding carboxylic acids is 1. The fourth-order valence-corrected chi connectivity index (χ4v) is 9.01. The summed E-state index contributed by atoms with van der Waals surface area (Å²) in [4.78, 5) is 22.3. The van der Waals surface area contributed by atoms with Gasteiger partial charge in [0.05, 0.1) is 31.5 Å². The summed E-state index contributed by atoms with van der Waals surface area (Å²) in [5.74, 6) is 0.658. The lowest BCUT2D eigenvalue weighted by Crippen LogP contribution is -2.69. The summed E-state index contributed by atoms with van der Waals surface area (Å²) in [5, 5.41) is 24.3.